The molecule has 4 rings (SSSR count). The maximum Gasteiger partial charge on any atom is 0.419 e. The molecule has 0 N–H and O–H groups in total. The smallest absolute Gasteiger partial charge is 0.303 e. The molecule has 1 aromatic heterocycles. The Morgan fingerprint density at radius 2 is 1.86 bits per heavy atom. The maximum atomic E-state index is 13.4. The van der Waals surface area contributed by atoms with E-state index in [-0.39, 0.29) is 16.7 Å². The van der Waals surface area contributed by atoms with Gasteiger partial charge in [-0.25, -0.2) is 4.98 Å². The third kappa shape index (κ3) is 2.86. The second-order valence-corrected chi connectivity index (χ2v) is 7.54. The van der Waals surface area contributed by atoms with Crippen LogP contribution in [0.4, 0.5) is 24.5 Å². The van der Waals surface area contributed by atoms with E-state index < -0.39 is 23.0 Å². The lowest BCUT2D eigenvalue weighted by Gasteiger charge is -2.43. The summed E-state index contributed by atoms with van der Waals surface area (Å²) in [7, 11) is 0. The molecular weight excluding hydrogens is 401 g/mol. The Labute approximate surface area is 170 Å². The molecule has 1 saturated heterocycles. The highest BCUT2D eigenvalue weighted by molar-refractivity contribution is 7.81. The fraction of sp³-hybridized carbons (Fsp3) is 0.300. The standard InChI is InChI=1S/C20H15F3N4OS/c1-12-3-5-13(6-4-12)27-18(29)26(17(28)19(27)7-2-8-19)14-9-15(20(21,22)23)16(10-24)25-11-14/h3-6,9,11H,2,7-8H2,1H3. The number of nitrogens with zero attached hydrogens (tertiary/aromatic N) is 4. The second-order valence-electron chi connectivity index (χ2n) is 7.18. The molecule has 2 aromatic rings. The third-order valence-electron chi connectivity index (χ3n) is 5.43. The average Bonchev–Trinajstić information content (AvgIpc) is 2.88. The summed E-state index contributed by atoms with van der Waals surface area (Å²) in [4.78, 5) is 19.8. The molecule has 9 heteroatoms. The highest BCUT2D eigenvalue weighted by Gasteiger charge is 2.59. The molecule has 1 saturated carbocycles. The molecule has 5 nitrogen and oxygen atoms in total. The van der Waals surface area contributed by atoms with E-state index in [0.717, 1.165) is 29.1 Å². The van der Waals surface area contributed by atoms with Crippen molar-refractivity contribution in [3.8, 4) is 6.07 Å². The van der Waals surface area contributed by atoms with Crippen LogP contribution >= 0.6 is 12.2 Å². The van der Waals surface area contributed by atoms with Gasteiger partial charge in [-0.1, -0.05) is 17.7 Å². The number of carbonyl (C=O) groups is 1. The molecule has 0 radical (unpaired) electrons. The maximum absolute atomic E-state index is 13.4. The lowest BCUT2D eigenvalue weighted by Crippen LogP contribution is -2.55. The first-order valence-electron chi connectivity index (χ1n) is 8.92. The molecule has 0 atom stereocenters. The normalized spacial score (nSPS) is 18.2. The minimum Gasteiger partial charge on any atom is -0.303 e. The number of amides is 1. The van der Waals surface area contributed by atoms with Crippen LogP contribution in [0.2, 0.25) is 0 Å². The number of anilines is 2. The summed E-state index contributed by atoms with van der Waals surface area (Å²) in [6.07, 6.45) is -1.74. The van der Waals surface area contributed by atoms with Crippen LogP contribution in [0.25, 0.3) is 0 Å². The van der Waals surface area contributed by atoms with Crippen molar-refractivity contribution < 1.29 is 18.0 Å². The average molecular weight is 416 g/mol. The molecule has 2 heterocycles. The van der Waals surface area contributed by atoms with Crippen LogP contribution in [0.1, 0.15) is 36.1 Å². The summed E-state index contributed by atoms with van der Waals surface area (Å²) in [5.41, 5.74) is -1.16. The molecule has 2 fully saturated rings. The van der Waals surface area contributed by atoms with Crippen molar-refractivity contribution >= 4 is 34.6 Å². The van der Waals surface area contributed by atoms with Gasteiger partial charge >= 0.3 is 6.18 Å². The van der Waals surface area contributed by atoms with Crippen LogP contribution < -0.4 is 9.80 Å². The Hall–Kier alpha value is -2.99. The number of rotatable bonds is 2. The van der Waals surface area contributed by atoms with Crippen molar-refractivity contribution in [1.82, 2.24) is 4.98 Å². The molecule has 0 unspecified atom stereocenters. The van der Waals surface area contributed by atoms with Crippen LogP contribution in [-0.4, -0.2) is 21.5 Å². The molecule has 0 bridgehead atoms. The Bertz CT molecular complexity index is 1050. The number of carbonyl (C=O) groups excluding carboxylic acids is 1. The van der Waals surface area contributed by atoms with E-state index >= 15 is 0 Å². The minimum atomic E-state index is -4.77. The van der Waals surface area contributed by atoms with Crippen LogP contribution in [0.15, 0.2) is 36.5 Å². The number of hydrogen-bond acceptors (Lipinski definition) is 4. The summed E-state index contributed by atoms with van der Waals surface area (Å²) in [5.74, 6) is -0.367. The largest absolute Gasteiger partial charge is 0.419 e. The lowest BCUT2D eigenvalue weighted by atomic mass is 9.75. The van der Waals surface area contributed by atoms with Gasteiger partial charge < -0.3 is 4.90 Å². The molecule has 1 aliphatic carbocycles. The zero-order chi connectivity index (χ0) is 21.0. The fourth-order valence-corrected chi connectivity index (χ4v) is 4.25. The lowest BCUT2D eigenvalue weighted by molar-refractivity contribution is -0.138. The summed E-state index contributed by atoms with van der Waals surface area (Å²) in [6.45, 7) is 1.93. The van der Waals surface area contributed by atoms with Gasteiger partial charge in [0.25, 0.3) is 5.91 Å². The molecule has 1 aromatic carbocycles. The van der Waals surface area contributed by atoms with E-state index in [0.29, 0.717) is 18.5 Å². The quantitative estimate of drug-likeness (QED) is 0.682. The van der Waals surface area contributed by atoms with Gasteiger partial charge in [-0.15, -0.1) is 0 Å². The summed E-state index contributed by atoms with van der Waals surface area (Å²) in [6, 6.07) is 9.68. The van der Waals surface area contributed by atoms with Gasteiger partial charge in [0.05, 0.1) is 17.4 Å². The Kier molecular flexibility index (Phi) is 4.35. The number of hydrogen-bond donors (Lipinski definition) is 0. The fourth-order valence-electron chi connectivity index (χ4n) is 3.78. The molecule has 1 spiro atoms. The number of thiocarbonyl (C=S) groups is 1. The molecule has 148 valence electrons. The zero-order valence-corrected chi connectivity index (χ0v) is 16.1. The first-order chi connectivity index (χ1) is 13.7. The third-order valence-corrected chi connectivity index (χ3v) is 5.79. The van der Waals surface area contributed by atoms with E-state index in [2.05, 4.69) is 4.98 Å². The molecule has 1 aliphatic heterocycles. The Balaban J connectivity index is 1.82. The molecule has 2 aliphatic rings. The number of benzene rings is 1. The number of aryl methyl sites for hydroxylation is 1. The highest BCUT2D eigenvalue weighted by atomic mass is 32.1. The van der Waals surface area contributed by atoms with E-state index in [1.807, 2.05) is 31.2 Å². The first kappa shape index (κ1) is 19.3. The number of aromatic nitrogens is 1. The minimum absolute atomic E-state index is 0.0905. The SMILES string of the molecule is Cc1ccc(N2C(=S)N(c3cnc(C#N)c(C(F)(F)F)c3)C(=O)C23CCC3)cc1. The van der Waals surface area contributed by atoms with E-state index in [1.54, 1.807) is 4.90 Å². The Morgan fingerprint density at radius 3 is 2.38 bits per heavy atom. The second kappa shape index (κ2) is 6.52. The van der Waals surface area contributed by atoms with Gasteiger partial charge in [0.15, 0.2) is 10.8 Å². The van der Waals surface area contributed by atoms with E-state index in [4.69, 9.17) is 17.5 Å². The molecule has 1 amide bonds. The van der Waals surface area contributed by atoms with Crippen molar-refractivity contribution in [3.05, 3.63) is 53.3 Å². The van der Waals surface area contributed by atoms with Crippen molar-refractivity contribution in [1.29, 1.82) is 5.26 Å². The number of pyridine rings is 1. The van der Waals surface area contributed by atoms with Gasteiger partial charge in [0.1, 0.15) is 11.6 Å². The predicted octanol–water partition coefficient (Wildman–Crippen LogP) is 4.34. The van der Waals surface area contributed by atoms with Crippen LogP contribution in [0, 0.1) is 18.3 Å². The zero-order valence-electron chi connectivity index (χ0n) is 15.3. The summed E-state index contributed by atoms with van der Waals surface area (Å²) >= 11 is 5.54. The van der Waals surface area contributed by atoms with Gasteiger partial charge in [-0.2, -0.15) is 18.4 Å². The van der Waals surface area contributed by atoms with Crippen molar-refractivity contribution in [3.63, 3.8) is 0 Å². The molecular formula is C20H15F3N4OS. The van der Waals surface area contributed by atoms with Gasteiger partial charge in [0, 0.05) is 5.69 Å². The van der Waals surface area contributed by atoms with Crippen LogP contribution in [-0.2, 0) is 11.0 Å². The highest BCUT2D eigenvalue weighted by Crippen LogP contribution is 2.48. The van der Waals surface area contributed by atoms with E-state index in [9.17, 15) is 18.0 Å². The topological polar surface area (TPSA) is 60.2 Å². The van der Waals surface area contributed by atoms with Crippen molar-refractivity contribution in [2.45, 2.75) is 37.9 Å². The first-order valence-corrected chi connectivity index (χ1v) is 9.32. The van der Waals surface area contributed by atoms with Gasteiger partial charge in [-0.3, -0.25) is 9.69 Å². The van der Waals surface area contributed by atoms with Crippen molar-refractivity contribution in [2.24, 2.45) is 0 Å². The summed E-state index contributed by atoms with van der Waals surface area (Å²) < 4.78 is 40.1. The predicted molar refractivity (Wildman–Crippen MR) is 104 cm³/mol. The van der Waals surface area contributed by atoms with Gasteiger partial charge in [0.2, 0.25) is 0 Å². The molecule has 29 heavy (non-hydrogen) atoms. The number of nitriles is 1. The Morgan fingerprint density at radius 1 is 1.21 bits per heavy atom. The summed E-state index contributed by atoms with van der Waals surface area (Å²) in [5, 5.41) is 9.07. The van der Waals surface area contributed by atoms with Crippen LogP contribution in [0.3, 0.4) is 0 Å². The number of halogens is 3. The van der Waals surface area contributed by atoms with Crippen LogP contribution in [0.5, 0.6) is 0 Å². The van der Waals surface area contributed by atoms with E-state index in [1.165, 1.54) is 6.07 Å². The van der Waals surface area contributed by atoms with Gasteiger partial charge in [-0.05, 0) is 56.6 Å². The number of alkyl halides is 3. The van der Waals surface area contributed by atoms with Crippen molar-refractivity contribution in [2.75, 3.05) is 9.80 Å². The monoisotopic (exact) mass is 416 g/mol.